The molecule has 2 aromatic rings. The van der Waals surface area contributed by atoms with Gasteiger partial charge in [-0.2, -0.15) is 0 Å². The van der Waals surface area contributed by atoms with E-state index in [-0.39, 0.29) is 18.0 Å². The van der Waals surface area contributed by atoms with Crippen molar-refractivity contribution < 1.29 is 23.5 Å². The van der Waals surface area contributed by atoms with Gasteiger partial charge in [0.25, 0.3) is 5.91 Å². The molecule has 1 saturated heterocycles. The Morgan fingerprint density at radius 2 is 1.96 bits per heavy atom. The van der Waals surface area contributed by atoms with Gasteiger partial charge in [0.15, 0.2) is 0 Å². The number of hydrogen-bond acceptors (Lipinski definition) is 5. The van der Waals surface area contributed by atoms with Crippen LogP contribution in [0.15, 0.2) is 40.8 Å². The van der Waals surface area contributed by atoms with Gasteiger partial charge in [-0.05, 0) is 25.0 Å². The molecule has 0 radical (unpaired) electrons. The number of ether oxygens (including phenoxy) is 1. The summed E-state index contributed by atoms with van der Waals surface area (Å²) in [5.41, 5.74) is -0.0841. The second-order valence-corrected chi connectivity index (χ2v) is 6.12. The van der Waals surface area contributed by atoms with E-state index in [4.69, 9.17) is 9.15 Å². The first-order valence-electron chi connectivity index (χ1n) is 8.30. The fourth-order valence-electron chi connectivity index (χ4n) is 3.22. The second-order valence-electron chi connectivity index (χ2n) is 6.12. The summed E-state index contributed by atoms with van der Waals surface area (Å²) in [5, 5.41) is 2.81. The summed E-state index contributed by atoms with van der Waals surface area (Å²) in [4.78, 5) is 38.4. The van der Waals surface area contributed by atoms with Gasteiger partial charge in [-0.1, -0.05) is 37.3 Å². The molecular weight excluding hydrogens is 336 g/mol. The number of nitrogens with one attached hydrogen (secondary N) is 1. The highest BCUT2D eigenvalue weighted by atomic mass is 16.5. The molecule has 1 aromatic carbocycles. The molecule has 1 N–H and O–H groups in total. The van der Waals surface area contributed by atoms with E-state index >= 15 is 0 Å². The Kier molecular flexibility index (Phi) is 4.54. The number of aryl methyl sites for hydroxylation is 1. The first-order valence-corrected chi connectivity index (χ1v) is 8.30. The number of hydrogen-bond donors (Lipinski definition) is 1. The summed E-state index contributed by atoms with van der Waals surface area (Å²) in [5.74, 6) is -0.151. The van der Waals surface area contributed by atoms with Crippen LogP contribution in [0.5, 0.6) is 0 Å². The molecule has 3 rings (SSSR count). The molecule has 7 heteroatoms. The predicted octanol–water partition coefficient (Wildman–Crippen LogP) is 2.73. The van der Waals surface area contributed by atoms with E-state index in [1.807, 2.05) is 37.3 Å². The molecule has 0 aliphatic carbocycles. The molecule has 3 amide bonds. The Balaban J connectivity index is 1.89. The standard InChI is InChI=1S/C19H20N2O5/c1-4-19(13-8-6-5-7-9-13)17(23)21(18(24)20-19)11-14-10-15(12(2)26-14)16(22)25-3/h5-10H,4,11H2,1-3H3,(H,20,24)/t19-/m0/s1. The number of urea groups is 1. The van der Waals surface area contributed by atoms with Crippen molar-refractivity contribution >= 4 is 17.9 Å². The molecule has 0 bridgehead atoms. The minimum Gasteiger partial charge on any atom is -0.465 e. The minimum atomic E-state index is -1.09. The number of nitrogens with zero attached hydrogens (tertiary/aromatic N) is 1. The number of imide groups is 1. The van der Waals surface area contributed by atoms with Crippen molar-refractivity contribution in [3.8, 4) is 0 Å². The van der Waals surface area contributed by atoms with Crippen molar-refractivity contribution in [2.24, 2.45) is 0 Å². The molecule has 0 unspecified atom stereocenters. The molecule has 1 aromatic heterocycles. The van der Waals surface area contributed by atoms with Crippen molar-refractivity contribution in [2.45, 2.75) is 32.4 Å². The van der Waals surface area contributed by atoms with E-state index in [1.165, 1.54) is 13.2 Å². The molecular formula is C19H20N2O5. The third-order valence-electron chi connectivity index (χ3n) is 4.66. The topological polar surface area (TPSA) is 88.8 Å². The fraction of sp³-hybridized carbons (Fsp3) is 0.316. The highest BCUT2D eigenvalue weighted by molar-refractivity contribution is 6.07. The van der Waals surface area contributed by atoms with E-state index in [9.17, 15) is 14.4 Å². The highest BCUT2D eigenvalue weighted by Gasteiger charge is 2.51. The molecule has 2 heterocycles. The lowest BCUT2D eigenvalue weighted by Gasteiger charge is -2.25. The van der Waals surface area contributed by atoms with Crippen LogP contribution in [0.25, 0.3) is 0 Å². The summed E-state index contributed by atoms with van der Waals surface area (Å²) in [6, 6.07) is 10.1. The molecule has 1 aliphatic rings. The average molecular weight is 356 g/mol. The maximum atomic E-state index is 13.1. The predicted molar refractivity (Wildman–Crippen MR) is 92.3 cm³/mol. The fourth-order valence-corrected chi connectivity index (χ4v) is 3.22. The molecule has 0 saturated carbocycles. The summed E-state index contributed by atoms with van der Waals surface area (Å²) in [6.07, 6.45) is 0.419. The Hall–Kier alpha value is -3.09. The normalized spacial score (nSPS) is 19.6. The first-order chi connectivity index (χ1) is 12.4. The van der Waals surface area contributed by atoms with Crippen molar-refractivity contribution in [1.29, 1.82) is 0 Å². The zero-order valence-corrected chi connectivity index (χ0v) is 14.9. The number of esters is 1. The second kappa shape index (κ2) is 6.67. The molecule has 7 nitrogen and oxygen atoms in total. The van der Waals surface area contributed by atoms with E-state index in [0.29, 0.717) is 17.9 Å². The van der Waals surface area contributed by atoms with Crippen LogP contribution in [-0.4, -0.2) is 29.9 Å². The summed E-state index contributed by atoms with van der Waals surface area (Å²) >= 11 is 0. The zero-order valence-electron chi connectivity index (χ0n) is 14.9. The van der Waals surface area contributed by atoms with Crippen molar-refractivity contribution in [3.63, 3.8) is 0 Å². The zero-order chi connectivity index (χ0) is 18.9. The van der Waals surface area contributed by atoms with Crippen LogP contribution < -0.4 is 5.32 Å². The van der Waals surface area contributed by atoms with E-state index in [0.717, 1.165) is 10.5 Å². The van der Waals surface area contributed by atoms with Crippen LogP contribution in [0.4, 0.5) is 4.79 Å². The smallest absolute Gasteiger partial charge is 0.341 e. The van der Waals surface area contributed by atoms with Gasteiger partial charge in [0.2, 0.25) is 0 Å². The average Bonchev–Trinajstić information content (AvgIpc) is 3.14. The monoisotopic (exact) mass is 356 g/mol. The molecule has 1 aliphatic heterocycles. The van der Waals surface area contributed by atoms with Gasteiger partial charge in [-0.25, -0.2) is 9.59 Å². The van der Waals surface area contributed by atoms with Crippen molar-refractivity contribution in [1.82, 2.24) is 10.2 Å². The van der Waals surface area contributed by atoms with Gasteiger partial charge >= 0.3 is 12.0 Å². The van der Waals surface area contributed by atoms with Gasteiger partial charge in [0.05, 0.1) is 13.7 Å². The van der Waals surface area contributed by atoms with Gasteiger partial charge in [0, 0.05) is 0 Å². The van der Waals surface area contributed by atoms with Gasteiger partial charge in [0.1, 0.15) is 22.6 Å². The molecule has 0 spiro atoms. The number of rotatable bonds is 5. The lowest BCUT2D eigenvalue weighted by molar-refractivity contribution is -0.132. The molecule has 26 heavy (non-hydrogen) atoms. The lowest BCUT2D eigenvalue weighted by Crippen LogP contribution is -2.43. The van der Waals surface area contributed by atoms with Crippen LogP contribution in [-0.2, 0) is 21.6 Å². The highest BCUT2D eigenvalue weighted by Crippen LogP contribution is 2.33. The van der Waals surface area contributed by atoms with Crippen LogP contribution in [0, 0.1) is 6.92 Å². The maximum absolute atomic E-state index is 13.1. The summed E-state index contributed by atoms with van der Waals surface area (Å²) < 4.78 is 10.2. The molecule has 1 atom stereocenters. The number of carbonyl (C=O) groups is 3. The van der Waals surface area contributed by atoms with Gasteiger partial charge in [-0.15, -0.1) is 0 Å². The van der Waals surface area contributed by atoms with Gasteiger partial charge < -0.3 is 14.5 Å². The van der Waals surface area contributed by atoms with E-state index in [2.05, 4.69) is 5.32 Å². The number of furan rings is 1. The third kappa shape index (κ3) is 2.75. The largest absolute Gasteiger partial charge is 0.465 e. The first kappa shape index (κ1) is 17.7. The Morgan fingerprint density at radius 3 is 2.58 bits per heavy atom. The molecule has 136 valence electrons. The minimum absolute atomic E-state index is 0.0584. The van der Waals surface area contributed by atoms with E-state index < -0.39 is 17.5 Å². The quantitative estimate of drug-likeness (QED) is 0.657. The van der Waals surface area contributed by atoms with Crippen LogP contribution in [0.2, 0.25) is 0 Å². The lowest BCUT2D eigenvalue weighted by atomic mass is 9.87. The van der Waals surface area contributed by atoms with Crippen molar-refractivity contribution in [3.05, 3.63) is 59.0 Å². The maximum Gasteiger partial charge on any atom is 0.341 e. The summed E-state index contributed by atoms with van der Waals surface area (Å²) in [7, 11) is 1.28. The van der Waals surface area contributed by atoms with Crippen LogP contribution >= 0.6 is 0 Å². The Morgan fingerprint density at radius 1 is 1.27 bits per heavy atom. The SMILES string of the molecule is CC[C@@]1(c2ccccc2)NC(=O)N(Cc2cc(C(=O)OC)c(C)o2)C1=O. The number of benzene rings is 1. The Labute approximate surface area is 150 Å². The Bertz CT molecular complexity index is 858. The van der Waals surface area contributed by atoms with Crippen LogP contribution in [0.1, 0.15) is 40.8 Å². The van der Waals surface area contributed by atoms with Crippen molar-refractivity contribution in [2.75, 3.05) is 7.11 Å². The van der Waals surface area contributed by atoms with Crippen LogP contribution in [0.3, 0.4) is 0 Å². The number of amides is 3. The number of carbonyl (C=O) groups excluding carboxylic acids is 3. The number of methoxy groups -OCH3 is 1. The van der Waals surface area contributed by atoms with E-state index in [1.54, 1.807) is 6.92 Å². The van der Waals surface area contributed by atoms with Gasteiger partial charge in [-0.3, -0.25) is 9.69 Å². The summed E-state index contributed by atoms with van der Waals surface area (Å²) in [6.45, 7) is 3.42. The molecule has 1 fully saturated rings. The third-order valence-corrected chi connectivity index (χ3v) is 4.66.